The van der Waals surface area contributed by atoms with Gasteiger partial charge in [-0.05, 0) is 43.7 Å². The zero-order valence-electron chi connectivity index (χ0n) is 11.5. The van der Waals surface area contributed by atoms with Crippen molar-refractivity contribution in [2.75, 3.05) is 7.05 Å². The van der Waals surface area contributed by atoms with Crippen molar-refractivity contribution in [3.8, 4) is 0 Å². The van der Waals surface area contributed by atoms with Gasteiger partial charge in [0.2, 0.25) is 0 Å². The van der Waals surface area contributed by atoms with Crippen LogP contribution in [0.4, 0.5) is 0 Å². The second-order valence-electron chi connectivity index (χ2n) is 4.82. The molecule has 0 aliphatic rings. The number of unbranched alkanes of at least 4 members (excludes halogenated alkanes) is 1. The molecule has 0 spiro atoms. The maximum atomic E-state index is 3.53. The number of nitrogens with one attached hydrogen (secondary N) is 1. The maximum absolute atomic E-state index is 3.53. The third kappa shape index (κ3) is 5.22. The Morgan fingerprint density at radius 3 is 2.65 bits per heavy atom. The predicted octanol–water partition coefficient (Wildman–Crippen LogP) is 4.49. The molecule has 0 saturated heterocycles. The number of hydrogen-bond acceptors (Lipinski definition) is 2. The largest absolute Gasteiger partial charge is 0.317 e. The third-order valence-electron chi connectivity index (χ3n) is 3.67. The van der Waals surface area contributed by atoms with E-state index < -0.39 is 0 Å². The molecule has 1 heterocycles. The second-order valence-corrected chi connectivity index (χ2v) is 5.86. The molecule has 0 aliphatic heterocycles. The average molecular weight is 253 g/mol. The van der Waals surface area contributed by atoms with E-state index in [9.17, 15) is 0 Å². The molecule has 0 radical (unpaired) electrons. The molecular formula is C15H27NS. The minimum atomic E-state index is 0.689. The van der Waals surface area contributed by atoms with E-state index in [1.54, 1.807) is 0 Å². The maximum Gasteiger partial charge on any atom is 0.00956 e. The Labute approximate surface area is 111 Å². The van der Waals surface area contributed by atoms with Crippen LogP contribution in [0.1, 0.15) is 50.8 Å². The summed E-state index contributed by atoms with van der Waals surface area (Å²) >= 11 is 1.88. The molecule has 1 nitrogen and oxygen atoms in total. The van der Waals surface area contributed by atoms with Gasteiger partial charge >= 0.3 is 0 Å². The van der Waals surface area contributed by atoms with Crippen LogP contribution in [0.3, 0.4) is 0 Å². The molecule has 1 rings (SSSR count). The Morgan fingerprint density at radius 2 is 2.12 bits per heavy atom. The normalized spacial score (nSPS) is 14.8. The monoisotopic (exact) mass is 253 g/mol. The van der Waals surface area contributed by atoms with Crippen molar-refractivity contribution in [1.82, 2.24) is 5.32 Å². The van der Waals surface area contributed by atoms with Gasteiger partial charge in [-0.15, -0.1) is 11.3 Å². The van der Waals surface area contributed by atoms with Gasteiger partial charge in [0.05, 0.1) is 0 Å². The summed E-state index contributed by atoms with van der Waals surface area (Å²) in [5.41, 5.74) is 0. The molecule has 1 aromatic rings. The minimum absolute atomic E-state index is 0.689. The summed E-state index contributed by atoms with van der Waals surface area (Å²) in [4.78, 5) is 1.52. The van der Waals surface area contributed by atoms with Crippen molar-refractivity contribution in [1.29, 1.82) is 0 Å². The third-order valence-corrected chi connectivity index (χ3v) is 4.61. The van der Waals surface area contributed by atoms with Crippen LogP contribution in [0.5, 0.6) is 0 Å². The molecule has 0 aromatic carbocycles. The van der Waals surface area contributed by atoms with Crippen molar-refractivity contribution in [3.05, 3.63) is 22.4 Å². The van der Waals surface area contributed by atoms with Crippen LogP contribution in [0.25, 0.3) is 0 Å². The fourth-order valence-corrected chi connectivity index (χ4v) is 3.25. The fourth-order valence-electron chi connectivity index (χ4n) is 2.52. The summed E-state index contributed by atoms with van der Waals surface area (Å²) in [5, 5.41) is 5.71. The molecule has 17 heavy (non-hydrogen) atoms. The summed E-state index contributed by atoms with van der Waals surface area (Å²) in [5.74, 6) is 0.847. The Balaban J connectivity index is 2.39. The molecule has 0 aliphatic carbocycles. The number of hydrogen-bond donors (Lipinski definition) is 1. The molecule has 0 bridgehead atoms. The van der Waals surface area contributed by atoms with E-state index in [1.807, 2.05) is 11.3 Å². The van der Waals surface area contributed by atoms with E-state index in [0.717, 1.165) is 5.92 Å². The van der Waals surface area contributed by atoms with E-state index in [0.29, 0.717) is 6.04 Å². The van der Waals surface area contributed by atoms with Gasteiger partial charge in [-0.25, -0.2) is 0 Å². The van der Waals surface area contributed by atoms with E-state index in [2.05, 4.69) is 43.7 Å². The van der Waals surface area contributed by atoms with Crippen LogP contribution in [-0.2, 0) is 6.42 Å². The highest BCUT2D eigenvalue weighted by molar-refractivity contribution is 7.09. The highest BCUT2D eigenvalue weighted by Gasteiger charge is 2.17. The van der Waals surface area contributed by atoms with Crippen molar-refractivity contribution in [3.63, 3.8) is 0 Å². The minimum Gasteiger partial charge on any atom is -0.317 e. The van der Waals surface area contributed by atoms with Crippen molar-refractivity contribution < 1.29 is 0 Å². The molecule has 1 N–H and O–H groups in total. The summed E-state index contributed by atoms with van der Waals surface area (Å²) in [6, 6.07) is 5.10. The quantitative estimate of drug-likeness (QED) is 0.684. The molecule has 0 saturated carbocycles. The van der Waals surface area contributed by atoms with Gasteiger partial charge in [0.15, 0.2) is 0 Å². The predicted molar refractivity (Wildman–Crippen MR) is 78.8 cm³/mol. The van der Waals surface area contributed by atoms with Crippen LogP contribution in [0, 0.1) is 5.92 Å². The lowest BCUT2D eigenvalue weighted by Gasteiger charge is -2.25. The lowest BCUT2D eigenvalue weighted by atomic mass is 9.88. The molecule has 2 atom stereocenters. The molecule has 0 amide bonds. The molecule has 2 unspecified atom stereocenters. The van der Waals surface area contributed by atoms with Crippen LogP contribution in [-0.4, -0.2) is 13.1 Å². The lowest BCUT2D eigenvalue weighted by Crippen LogP contribution is -2.33. The summed E-state index contributed by atoms with van der Waals surface area (Å²) in [6.45, 7) is 4.61. The number of aryl methyl sites for hydroxylation is 1. The number of thiophene rings is 1. The van der Waals surface area contributed by atoms with E-state index in [4.69, 9.17) is 0 Å². The SMILES string of the molecule is CCCCC(CC)C(CCc1cccs1)NC. The van der Waals surface area contributed by atoms with Crippen molar-refractivity contribution in [2.45, 2.75) is 58.4 Å². The van der Waals surface area contributed by atoms with E-state index in [1.165, 1.54) is 43.4 Å². The average Bonchev–Trinajstić information content (AvgIpc) is 2.86. The number of rotatable bonds is 9. The Hall–Kier alpha value is -0.340. The fraction of sp³-hybridized carbons (Fsp3) is 0.733. The van der Waals surface area contributed by atoms with Crippen molar-refractivity contribution in [2.24, 2.45) is 5.92 Å². The first-order valence-electron chi connectivity index (χ1n) is 7.01. The standard InChI is InChI=1S/C15H27NS/c1-4-6-8-13(5-2)15(16-3)11-10-14-9-7-12-17-14/h7,9,12-13,15-16H,4-6,8,10-11H2,1-3H3. The van der Waals surface area contributed by atoms with E-state index >= 15 is 0 Å². The lowest BCUT2D eigenvalue weighted by molar-refractivity contribution is 0.318. The zero-order valence-corrected chi connectivity index (χ0v) is 12.4. The van der Waals surface area contributed by atoms with Crippen LogP contribution >= 0.6 is 11.3 Å². The Morgan fingerprint density at radius 1 is 1.29 bits per heavy atom. The molecule has 0 fully saturated rings. The molecule has 1 aromatic heterocycles. The van der Waals surface area contributed by atoms with Gasteiger partial charge in [-0.2, -0.15) is 0 Å². The summed E-state index contributed by atoms with van der Waals surface area (Å²) in [7, 11) is 2.12. The van der Waals surface area contributed by atoms with Gasteiger partial charge in [0.1, 0.15) is 0 Å². The van der Waals surface area contributed by atoms with Crippen LogP contribution < -0.4 is 5.32 Å². The smallest absolute Gasteiger partial charge is 0.00956 e. The first-order valence-corrected chi connectivity index (χ1v) is 7.89. The van der Waals surface area contributed by atoms with E-state index in [-0.39, 0.29) is 0 Å². The van der Waals surface area contributed by atoms with Gasteiger partial charge in [0, 0.05) is 10.9 Å². The highest BCUT2D eigenvalue weighted by Crippen LogP contribution is 2.21. The van der Waals surface area contributed by atoms with Gasteiger partial charge in [-0.3, -0.25) is 0 Å². The van der Waals surface area contributed by atoms with Crippen molar-refractivity contribution >= 4 is 11.3 Å². The highest BCUT2D eigenvalue weighted by atomic mass is 32.1. The zero-order chi connectivity index (χ0) is 12.5. The van der Waals surface area contributed by atoms with Gasteiger partial charge < -0.3 is 5.32 Å². The molecule has 2 heteroatoms. The Bertz CT molecular complexity index is 268. The molecule has 98 valence electrons. The Kier molecular flexibility index (Phi) is 7.54. The van der Waals surface area contributed by atoms with Gasteiger partial charge in [0.25, 0.3) is 0 Å². The summed E-state index contributed by atoms with van der Waals surface area (Å²) < 4.78 is 0. The summed E-state index contributed by atoms with van der Waals surface area (Å²) in [6.07, 6.45) is 7.87. The molecular weight excluding hydrogens is 226 g/mol. The first kappa shape index (κ1) is 14.7. The topological polar surface area (TPSA) is 12.0 Å². The first-order chi connectivity index (χ1) is 8.31. The second kappa shape index (κ2) is 8.71. The van der Waals surface area contributed by atoms with Crippen LogP contribution in [0.15, 0.2) is 17.5 Å². The van der Waals surface area contributed by atoms with Crippen LogP contribution in [0.2, 0.25) is 0 Å². The van der Waals surface area contributed by atoms with Gasteiger partial charge in [-0.1, -0.05) is 39.2 Å².